The predicted octanol–water partition coefficient (Wildman–Crippen LogP) is 3.15. The molecular formula is C13H13N3O2. The summed E-state index contributed by atoms with van der Waals surface area (Å²) < 4.78 is 0. The number of benzene rings is 1. The van der Waals surface area contributed by atoms with Gasteiger partial charge < -0.3 is 4.90 Å². The molecule has 0 amide bonds. The van der Waals surface area contributed by atoms with Crippen molar-refractivity contribution >= 4 is 17.2 Å². The molecule has 18 heavy (non-hydrogen) atoms. The predicted molar refractivity (Wildman–Crippen MR) is 70.0 cm³/mol. The highest BCUT2D eigenvalue weighted by Crippen LogP contribution is 2.25. The van der Waals surface area contributed by atoms with Crippen LogP contribution in [0, 0.1) is 10.1 Å². The van der Waals surface area contributed by atoms with Crippen LogP contribution in [0.4, 0.5) is 17.2 Å². The Morgan fingerprint density at radius 3 is 2.61 bits per heavy atom. The molecule has 1 aromatic carbocycles. The van der Waals surface area contributed by atoms with Crippen LogP contribution < -0.4 is 4.90 Å². The van der Waals surface area contributed by atoms with E-state index in [4.69, 9.17) is 0 Å². The molecule has 2 rings (SSSR count). The monoisotopic (exact) mass is 243 g/mol. The molecule has 5 heteroatoms. The van der Waals surface area contributed by atoms with Crippen molar-refractivity contribution in [2.24, 2.45) is 0 Å². The first-order chi connectivity index (χ1) is 8.72. The van der Waals surface area contributed by atoms with Crippen molar-refractivity contribution in [2.45, 2.75) is 6.92 Å². The fourth-order valence-corrected chi connectivity index (χ4v) is 1.75. The van der Waals surface area contributed by atoms with Gasteiger partial charge >= 0.3 is 0 Å². The van der Waals surface area contributed by atoms with Gasteiger partial charge in [-0.05, 0) is 19.1 Å². The minimum atomic E-state index is -0.413. The van der Waals surface area contributed by atoms with Crippen LogP contribution in [-0.2, 0) is 0 Å². The topological polar surface area (TPSA) is 59.3 Å². The second-order valence-corrected chi connectivity index (χ2v) is 3.71. The average molecular weight is 243 g/mol. The fraction of sp³-hybridized carbons (Fsp3) is 0.154. The second-order valence-electron chi connectivity index (χ2n) is 3.71. The van der Waals surface area contributed by atoms with Gasteiger partial charge in [0.25, 0.3) is 5.69 Å². The van der Waals surface area contributed by atoms with Crippen molar-refractivity contribution in [3.05, 3.63) is 58.8 Å². The summed E-state index contributed by atoms with van der Waals surface area (Å²) in [5, 5.41) is 10.8. The van der Waals surface area contributed by atoms with Crippen LogP contribution in [0.2, 0.25) is 0 Å². The molecule has 0 spiro atoms. The molecule has 2 aromatic rings. The molecule has 5 nitrogen and oxygen atoms in total. The van der Waals surface area contributed by atoms with Crippen LogP contribution in [0.3, 0.4) is 0 Å². The van der Waals surface area contributed by atoms with Gasteiger partial charge in [0.1, 0.15) is 5.82 Å². The second kappa shape index (κ2) is 5.27. The van der Waals surface area contributed by atoms with Gasteiger partial charge in [-0.2, -0.15) is 0 Å². The van der Waals surface area contributed by atoms with Gasteiger partial charge in [-0.25, -0.2) is 4.98 Å². The molecule has 0 unspecified atom stereocenters. The van der Waals surface area contributed by atoms with Crippen molar-refractivity contribution in [3.63, 3.8) is 0 Å². The van der Waals surface area contributed by atoms with Crippen molar-refractivity contribution < 1.29 is 4.92 Å². The van der Waals surface area contributed by atoms with Crippen LogP contribution in [0.1, 0.15) is 6.92 Å². The third-order valence-electron chi connectivity index (χ3n) is 2.60. The molecule has 1 aromatic heterocycles. The normalized spacial score (nSPS) is 10.1. The summed E-state index contributed by atoms with van der Waals surface area (Å²) in [5.74, 6) is 0.581. The molecule has 0 fully saturated rings. The average Bonchev–Trinajstić information content (AvgIpc) is 2.41. The van der Waals surface area contributed by atoms with Crippen LogP contribution in [0.5, 0.6) is 0 Å². The number of hydrogen-bond acceptors (Lipinski definition) is 4. The number of anilines is 2. The molecule has 0 saturated heterocycles. The minimum absolute atomic E-state index is 0.0504. The van der Waals surface area contributed by atoms with Crippen molar-refractivity contribution in [3.8, 4) is 0 Å². The Morgan fingerprint density at radius 1 is 1.28 bits per heavy atom. The minimum Gasteiger partial charge on any atom is -0.326 e. The molecule has 0 radical (unpaired) electrons. The summed E-state index contributed by atoms with van der Waals surface area (Å²) in [6, 6.07) is 12.6. The van der Waals surface area contributed by atoms with Gasteiger partial charge in [-0.3, -0.25) is 10.1 Å². The van der Waals surface area contributed by atoms with Gasteiger partial charge in [-0.1, -0.05) is 18.2 Å². The summed E-state index contributed by atoms with van der Waals surface area (Å²) in [6.07, 6.45) is 1.46. The maximum absolute atomic E-state index is 10.8. The Balaban J connectivity index is 2.39. The number of rotatable bonds is 4. The van der Waals surface area contributed by atoms with E-state index in [2.05, 4.69) is 4.98 Å². The summed E-state index contributed by atoms with van der Waals surface area (Å²) in [7, 11) is 0. The smallest absolute Gasteiger partial charge is 0.274 e. The first-order valence-electron chi connectivity index (χ1n) is 5.65. The summed E-state index contributed by atoms with van der Waals surface area (Å²) in [6.45, 7) is 2.67. The third-order valence-corrected chi connectivity index (χ3v) is 2.60. The molecule has 0 saturated carbocycles. The lowest BCUT2D eigenvalue weighted by Crippen LogP contribution is -2.17. The lowest BCUT2D eigenvalue weighted by Gasteiger charge is -2.21. The van der Waals surface area contributed by atoms with E-state index in [1.807, 2.05) is 42.2 Å². The third kappa shape index (κ3) is 2.45. The lowest BCUT2D eigenvalue weighted by atomic mass is 10.2. The highest BCUT2D eigenvalue weighted by Gasteiger charge is 2.12. The number of nitro groups is 1. The SMILES string of the molecule is CCN(c1ccccc1)c1cc([N+](=O)[O-])ccn1. The zero-order valence-electron chi connectivity index (χ0n) is 9.98. The number of hydrogen-bond donors (Lipinski definition) is 0. The van der Waals surface area contributed by atoms with Crippen LogP contribution >= 0.6 is 0 Å². The van der Waals surface area contributed by atoms with E-state index >= 15 is 0 Å². The number of nitrogens with zero attached hydrogens (tertiary/aromatic N) is 3. The molecule has 1 heterocycles. The van der Waals surface area contributed by atoms with E-state index in [-0.39, 0.29) is 5.69 Å². The van der Waals surface area contributed by atoms with Crippen molar-refractivity contribution in [1.29, 1.82) is 0 Å². The Bertz CT molecular complexity index is 543. The maximum atomic E-state index is 10.8. The lowest BCUT2D eigenvalue weighted by molar-refractivity contribution is -0.384. The van der Waals surface area contributed by atoms with E-state index in [0.717, 1.165) is 5.69 Å². The maximum Gasteiger partial charge on any atom is 0.274 e. The van der Waals surface area contributed by atoms with E-state index in [1.165, 1.54) is 18.3 Å². The zero-order valence-corrected chi connectivity index (χ0v) is 9.98. The van der Waals surface area contributed by atoms with E-state index in [0.29, 0.717) is 12.4 Å². The first kappa shape index (κ1) is 12.0. The number of pyridine rings is 1. The van der Waals surface area contributed by atoms with Crippen molar-refractivity contribution in [2.75, 3.05) is 11.4 Å². The first-order valence-corrected chi connectivity index (χ1v) is 5.65. The van der Waals surface area contributed by atoms with E-state index in [1.54, 1.807) is 0 Å². The Kier molecular flexibility index (Phi) is 3.52. The Labute approximate surface area is 105 Å². The van der Waals surface area contributed by atoms with Gasteiger partial charge in [0.15, 0.2) is 0 Å². The fourth-order valence-electron chi connectivity index (χ4n) is 1.75. The molecule has 0 N–H and O–H groups in total. The summed E-state index contributed by atoms with van der Waals surface area (Å²) in [4.78, 5) is 16.5. The molecule has 0 aliphatic heterocycles. The Morgan fingerprint density at radius 2 is 2.00 bits per heavy atom. The molecular weight excluding hydrogens is 230 g/mol. The molecule has 0 atom stereocenters. The molecule has 92 valence electrons. The standard InChI is InChI=1S/C13H13N3O2/c1-2-15(11-6-4-3-5-7-11)13-10-12(16(17)18)8-9-14-13/h3-10H,2H2,1H3. The number of para-hydroxylation sites is 1. The van der Waals surface area contributed by atoms with Crippen LogP contribution in [-0.4, -0.2) is 16.5 Å². The Hall–Kier alpha value is -2.43. The highest BCUT2D eigenvalue weighted by molar-refractivity contribution is 5.61. The highest BCUT2D eigenvalue weighted by atomic mass is 16.6. The van der Waals surface area contributed by atoms with E-state index < -0.39 is 4.92 Å². The van der Waals surface area contributed by atoms with E-state index in [9.17, 15) is 10.1 Å². The van der Waals surface area contributed by atoms with Crippen molar-refractivity contribution in [1.82, 2.24) is 4.98 Å². The molecule has 0 aliphatic rings. The molecule has 0 bridgehead atoms. The van der Waals surface area contributed by atoms with Crippen LogP contribution in [0.15, 0.2) is 48.7 Å². The van der Waals surface area contributed by atoms with Gasteiger partial charge in [0.2, 0.25) is 0 Å². The van der Waals surface area contributed by atoms with Gasteiger partial charge in [0.05, 0.1) is 11.0 Å². The zero-order chi connectivity index (χ0) is 13.0. The van der Waals surface area contributed by atoms with Crippen LogP contribution in [0.25, 0.3) is 0 Å². The summed E-state index contributed by atoms with van der Waals surface area (Å²) in [5.41, 5.74) is 1.02. The van der Waals surface area contributed by atoms with Gasteiger partial charge in [0, 0.05) is 24.5 Å². The number of aromatic nitrogens is 1. The largest absolute Gasteiger partial charge is 0.326 e. The van der Waals surface area contributed by atoms with Gasteiger partial charge in [-0.15, -0.1) is 0 Å². The summed E-state index contributed by atoms with van der Waals surface area (Å²) >= 11 is 0. The molecule has 0 aliphatic carbocycles. The quantitative estimate of drug-likeness (QED) is 0.611.